The smallest absolute Gasteiger partial charge is 0.128 e. The van der Waals surface area contributed by atoms with Crippen LogP contribution >= 0.6 is 0 Å². The van der Waals surface area contributed by atoms with Gasteiger partial charge in [-0.2, -0.15) is 0 Å². The number of ether oxygens (including phenoxy) is 2. The molecule has 0 aliphatic heterocycles. The lowest BCUT2D eigenvalue weighted by Gasteiger charge is -2.26. The van der Waals surface area contributed by atoms with Gasteiger partial charge in [0, 0.05) is 18.2 Å². The molecule has 4 heteroatoms. The maximum absolute atomic E-state index is 10.5. The van der Waals surface area contributed by atoms with Crippen LogP contribution in [0.5, 0.6) is 11.5 Å². The molecule has 0 heterocycles. The van der Waals surface area contributed by atoms with E-state index in [4.69, 9.17) is 9.47 Å². The van der Waals surface area contributed by atoms with Crippen LogP contribution in [0.3, 0.4) is 0 Å². The molecule has 0 amide bonds. The van der Waals surface area contributed by atoms with Crippen LogP contribution in [0.25, 0.3) is 0 Å². The molecule has 1 aromatic rings. The van der Waals surface area contributed by atoms with Gasteiger partial charge in [-0.3, -0.25) is 0 Å². The van der Waals surface area contributed by atoms with Crippen molar-refractivity contribution in [2.24, 2.45) is 0 Å². The van der Waals surface area contributed by atoms with E-state index < -0.39 is 5.60 Å². The Balaban J connectivity index is 2.92. The molecule has 18 heavy (non-hydrogen) atoms. The van der Waals surface area contributed by atoms with Crippen molar-refractivity contribution in [1.82, 2.24) is 5.32 Å². The van der Waals surface area contributed by atoms with Gasteiger partial charge in [0.25, 0.3) is 0 Å². The summed E-state index contributed by atoms with van der Waals surface area (Å²) >= 11 is 0. The summed E-state index contributed by atoms with van der Waals surface area (Å²) in [5, 5.41) is 13.7. The van der Waals surface area contributed by atoms with Crippen LogP contribution in [0.4, 0.5) is 0 Å². The van der Waals surface area contributed by atoms with Crippen LogP contribution in [-0.2, 0) is 5.60 Å². The molecule has 0 bridgehead atoms. The zero-order chi connectivity index (χ0) is 13.6. The van der Waals surface area contributed by atoms with Gasteiger partial charge < -0.3 is 19.9 Å². The summed E-state index contributed by atoms with van der Waals surface area (Å²) in [7, 11) is 3.20. The summed E-state index contributed by atoms with van der Waals surface area (Å²) < 4.78 is 10.5. The highest BCUT2D eigenvalue weighted by Gasteiger charge is 2.26. The van der Waals surface area contributed by atoms with Crippen molar-refractivity contribution in [1.29, 1.82) is 0 Å². The largest absolute Gasteiger partial charge is 0.497 e. The molecule has 1 unspecified atom stereocenters. The molecule has 0 saturated carbocycles. The molecule has 0 aromatic heterocycles. The van der Waals surface area contributed by atoms with E-state index in [0.717, 1.165) is 18.5 Å². The third-order valence-corrected chi connectivity index (χ3v) is 2.88. The van der Waals surface area contributed by atoms with Gasteiger partial charge in [-0.05, 0) is 32.0 Å². The first-order chi connectivity index (χ1) is 8.55. The molecule has 0 radical (unpaired) electrons. The van der Waals surface area contributed by atoms with Crippen LogP contribution in [0.2, 0.25) is 0 Å². The number of hydrogen-bond donors (Lipinski definition) is 2. The highest BCUT2D eigenvalue weighted by Crippen LogP contribution is 2.32. The molecule has 1 atom stereocenters. The van der Waals surface area contributed by atoms with E-state index in [1.54, 1.807) is 27.2 Å². The van der Waals surface area contributed by atoms with E-state index >= 15 is 0 Å². The zero-order valence-electron chi connectivity index (χ0n) is 11.6. The van der Waals surface area contributed by atoms with Gasteiger partial charge in [0.05, 0.1) is 14.2 Å². The lowest BCUT2D eigenvalue weighted by molar-refractivity contribution is 0.0545. The predicted octanol–water partition coefficient (Wildman–Crippen LogP) is 1.91. The first kappa shape index (κ1) is 14.8. The minimum Gasteiger partial charge on any atom is -0.497 e. The molecule has 0 saturated heterocycles. The van der Waals surface area contributed by atoms with Crippen molar-refractivity contribution >= 4 is 0 Å². The Morgan fingerprint density at radius 3 is 2.56 bits per heavy atom. The average molecular weight is 253 g/mol. The Bertz CT molecular complexity index is 377. The molecule has 0 aliphatic rings. The normalized spacial score (nSPS) is 14.1. The fraction of sp³-hybridized carbons (Fsp3) is 0.571. The van der Waals surface area contributed by atoms with Crippen molar-refractivity contribution in [3.63, 3.8) is 0 Å². The standard InChI is InChI=1S/C14H23NO3/c1-5-8-15-10-14(2,16)12-7-6-11(17-3)9-13(12)18-4/h6-7,9,15-16H,5,8,10H2,1-4H3. The van der Waals surface area contributed by atoms with E-state index in [1.165, 1.54) is 0 Å². The predicted molar refractivity (Wildman–Crippen MR) is 72.3 cm³/mol. The molecule has 2 N–H and O–H groups in total. The minimum atomic E-state index is -0.965. The Morgan fingerprint density at radius 2 is 2.00 bits per heavy atom. The first-order valence-electron chi connectivity index (χ1n) is 6.20. The Kier molecular flexibility index (Phi) is 5.44. The minimum absolute atomic E-state index is 0.490. The highest BCUT2D eigenvalue weighted by molar-refractivity contribution is 5.43. The Labute approximate surface area is 109 Å². The quantitative estimate of drug-likeness (QED) is 0.729. The van der Waals surface area contributed by atoms with Crippen molar-refractivity contribution in [2.45, 2.75) is 25.9 Å². The van der Waals surface area contributed by atoms with Crippen molar-refractivity contribution in [3.05, 3.63) is 23.8 Å². The molecule has 0 fully saturated rings. The monoisotopic (exact) mass is 253 g/mol. The number of hydrogen-bond acceptors (Lipinski definition) is 4. The Hall–Kier alpha value is -1.26. The van der Waals surface area contributed by atoms with Crippen LogP contribution in [0.15, 0.2) is 18.2 Å². The van der Waals surface area contributed by atoms with E-state index in [2.05, 4.69) is 12.2 Å². The zero-order valence-corrected chi connectivity index (χ0v) is 11.6. The molecular weight excluding hydrogens is 230 g/mol. The SMILES string of the molecule is CCCNCC(C)(O)c1ccc(OC)cc1OC. The van der Waals surface area contributed by atoms with Crippen LogP contribution in [0, 0.1) is 0 Å². The first-order valence-corrected chi connectivity index (χ1v) is 6.20. The molecule has 0 spiro atoms. The summed E-state index contributed by atoms with van der Waals surface area (Å²) in [5.74, 6) is 1.35. The lowest BCUT2D eigenvalue weighted by atomic mass is 9.94. The second kappa shape index (κ2) is 6.61. The van der Waals surface area contributed by atoms with E-state index in [1.807, 2.05) is 12.1 Å². The van der Waals surface area contributed by atoms with Crippen LogP contribution < -0.4 is 14.8 Å². The highest BCUT2D eigenvalue weighted by atomic mass is 16.5. The fourth-order valence-electron chi connectivity index (χ4n) is 1.85. The molecule has 102 valence electrons. The Morgan fingerprint density at radius 1 is 1.28 bits per heavy atom. The van der Waals surface area contributed by atoms with E-state index in [-0.39, 0.29) is 0 Å². The number of methoxy groups -OCH3 is 2. The lowest BCUT2D eigenvalue weighted by Crippen LogP contribution is -2.36. The van der Waals surface area contributed by atoms with Crippen molar-refractivity contribution in [3.8, 4) is 11.5 Å². The molecule has 1 rings (SSSR count). The molecule has 0 aliphatic carbocycles. The summed E-state index contributed by atoms with van der Waals surface area (Å²) in [4.78, 5) is 0. The van der Waals surface area contributed by atoms with Gasteiger partial charge in [0.15, 0.2) is 0 Å². The number of nitrogens with one attached hydrogen (secondary N) is 1. The van der Waals surface area contributed by atoms with Gasteiger partial charge in [-0.25, -0.2) is 0 Å². The second-order valence-electron chi connectivity index (χ2n) is 4.52. The number of benzene rings is 1. The summed E-state index contributed by atoms with van der Waals surface area (Å²) in [5.41, 5.74) is -0.207. The fourth-order valence-corrected chi connectivity index (χ4v) is 1.85. The molecule has 1 aromatic carbocycles. The van der Waals surface area contributed by atoms with Crippen molar-refractivity contribution in [2.75, 3.05) is 27.3 Å². The van der Waals surface area contributed by atoms with Crippen molar-refractivity contribution < 1.29 is 14.6 Å². The maximum atomic E-state index is 10.5. The topological polar surface area (TPSA) is 50.7 Å². The van der Waals surface area contributed by atoms with Gasteiger partial charge in [-0.15, -0.1) is 0 Å². The average Bonchev–Trinajstić information content (AvgIpc) is 2.38. The summed E-state index contributed by atoms with van der Waals surface area (Å²) in [6, 6.07) is 5.45. The van der Waals surface area contributed by atoms with Gasteiger partial charge in [0.1, 0.15) is 17.1 Å². The summed E-state index contributed by atoms with van der Waals surface area (Å²) in [6.45, 7) is 5.24. The number of rotatable bonds is 7. The molecular formula is C14H23NO3. The van der Waals surface area contributed by atoms with E-state index in [9.17, 15) is 5.11 Å². The van der Waals surface area contributed by atoms with Gasteiger partial charge in [-0.1, -0.05) is 6.92 Å². The van der Waals surface area contributed by atoms with E-state index in [0.29, 0.717) is 18.0 Å². The van der Waals surface area contributed by atoms with Gasteiger partial charge >= 0.3 is 0 Å². The van der Waals surface area contributed by atoms with Crippen LogP contribution in [0.1, 0.15) is 25.8 Å². The third-order valence-electron chi connectivity index (χ3n) is 2.88. The summed E-state index contributed by atoms with van der Waals surface area (Å²) in [6.07, 6.45) is 1.04. The molecule has 4 nitrogen and oxygen atoms in total. The van der Waals surface area contributed by atoms with Gasteiger partial charge in [0.2, 0.25) is 0 Å². The second-order valence-corrected chi connectivity index (χ2v) is 4.52. The number of aliphatic hydroxyl groups is 1. The van der Waals surface area contributed by atoms with Crippen LogP contribution in [-0.4, -0.2) is 32.4 Å². The third kappa shape index (κ3) is 3.62. The maximum Gasteiger partial charge on any atom is 0.128 e.